The number of fused-ring (bicyclic) bond motifs is 1. The van der Waals surface area contributed by atoms with Crippen molar-refractivity contribution in [2.75, 3.05) is 14.2 Å². The van der Waals surface area contributed by atoms with Gasteiger partial charge in [-0.15, -0.1) is 5.10 Å². The topological polar surface area (TPSA) is 60.2 Å². The molecule has 1 atom stereocenters. The Labute approximate surface area is 99.5 Å². The van der Waals surface area contributed by atoms with Crippen LogP contribution in [0.25, 0.3) is 0 Å². The monoisotopic (exact) mass is 236 g/mol. The van der Waals surface area contributed by atoms with E-state index in [1.807, 2.05) is 4.68 Å². The average Bonchev–Trinajstić information content (AvgIpc) is 2.97. The normalized spacial score (nSPS) is 30.1. The Kier molecular flexibility index (Phi) is 2.39. The summed E-state index contributed by atoms with van der Waals surface area (Å²) in [4.78, 5) is 16.6. The van der Waals surface area contributed by atoms with Crippen LogP contribution in [0.5, 0.6) is 0 Å². The number of hydroxylamine groups is 2. The van der Waals surface area contributed by atoms with E-state index in [9.17, 15) is 4.79 Å². The molecule has 92 valence electrons. The summed E-state index contributed by atoms with van der Waals surface area (Å²) in [5.41, 5.74) is 0.346. The van der Waals surface area contributed by atoms with Gasteiger partial charge in [0.2, 0.25) is 0 Å². The molecule has 0 N–H and O–H groups in total. The molecule has 1 aromatic heterocycles. The molecule has 3 aliphatic carbocycles. The fourth-order valence-corrected chi connectivity index (χ4v) is 2.93. The molecule has 2 bridgehead atoms. The van der Waals surface area contributed by atoms with Crippen molar-refractivity contribution in [2.45, 2.75) is 25.3 Å². The third-order valence-corrected chi connectivity index (χ3v) is 4.02. The van der Waals surface area contributed by atoms with Crippen LogP contribution in [0, 0.1) is 11.8 Å². The van der Waals surface area contributed by atoms with E-state index in [2.05, 4.69) is 10.3 Å². The van der Waals surface area contributed by atoms with Crippen LogP contribution in [0.4, 0.5) is 0 Å². The molecule has 0 saturated heterocycles. The third kappa shape index (κ3) is 1.63. The Bertz CT molecular complexity index is 438. The smallest absolute Gasteiger partial charge is 0.274 e. The molecular formula is C11H16N4O2. The minimum atomic E-state index is -0.260. The Morgan fingerprint density at radius 3 is 2.88 bits per heavy atom. The lowest BCUT2D eigenvalue weighted by atomic mass is 9.84. The Hall–Kier alpha value is -1.43. The van der Waals surface area contributed by atoms with Crippen LogP contribution in [0.15, 0.2) is 6.20 Å². The van der Waals surface area contributed by atoms with Crippen LogP contribution >= 0.6 is 0 Å². The van der Waals surface area contributed by atoms with Crippen molar-refractivity contribution >= 4 is 5.91 Å². The van der Waals surface area contributed by atoms with Gasteiger partial charge in [0.25, 0.3) is 5.91 Å². The summed E-state index contributed by atoms with van der Waals surface area (Å²) >= 11 is 0. The van der Waals surface area contributed by atoms with Crippen LogP contribution in [0.3, 0.4) is 0 Å². The van der Waals surface area contributed by atoms with Gasteiger partial charge in [0.05, 0.1) is 19.3 Å². The molecule has 6 nitrogen and oxygen atoms in total. The lowest BCUT2D eigenvalue weighted by molar-refractivity contribution is -0.0760. The van der Waals surface area contributed by atoms with Gasteiger partial charge in [0, 0.05) is 7.05 Å². The summed E-state index contributed by atoms with van der Waals surface area (Å²) in [5.74, 6) is 1.35. The number of hydrogen-bond acceptors (Lipinski definition) is 4. The second kappa shape index (κ2) is 3.80. The quantitative estimate of drug-likeness (QED) is 0.731. The van der Waals surface area contributed by atoms with Gasteiger partial charge in [-0.05, 0) is 31.1 Å². The summed E-state index contributed by atoms with van der Waals surface area (Å²) in [7, 11) is 3.02. The lowest BCUT2D eigenvalue weighted by Gasteiger charge is -2.24. The summed E-state index contributed by atoms with van der Waals surface area (Å²) in [6, 6.07) is 0.446. The number of carbonyl (C=O) groups is 1. The molecule has 4 rings (SSSR count). The van der Waals surface area contributed by atoms with Crippen LogP contribution in [0.2, 0.25) is 0 Å². The molecule has 0 spiro atoms. The maximum absolute atomic E-state index is 11.8. The van der Waals surface area contributed by atoms with Gasteiger partial charge in [-0.3, -0.25) is 9.63 Å². The van der Waals surface area contributed by atoms with Crippen molar-refractivity contribution in [1.82, 2.24) is 20.1 Å². The molecular weight excluding hydrogens is 220 g/mol. The lowest BCUT2D eigenvalue weighted by Crippen LogP contribution is -2.25. The van der Waals surface area contributed by atoms with Gasteiger partial charge in [0.15, 0.2) is 5.69 Å². The number of nitrogens with zero attached hydrogens (tertiary/aromatic N) is 4. The van der Waals surface area contributed by atoms with Crippen molar-refractivity contribution in [3.63, 3.8) is 0 Å². The van der Waals surface area contributed by atoms with E-state index in [4.69, 9.17) is 4.84 Å². The average molecular weight is 236 g/mol. The van der Waals surface area contributed by atoms with Crippen LogP contribution < -0.4 is 0 Å². The van der Waals surface area contributed by atoms with Crippen LogP contribution in [0.1, 0.15) is 35.8 Å². The number of carbonyl (C=O) groups excluding carboxylic acids is 1. The first-order valence-corrected chi connectivity index (χ1v) is 5.93. The van der Waals surface area contributed by atoms with E-state index in [1.54, 1.807) is 13.2 Å². The Balaban J connectivity index is 1.76. The highest BCUT2D eigenvalue weighted by atomic mass is 16.7. The summed E-state index contributed by atoms with van der Waals surface area (Å²) in [5, 5.41) is 9.16. The minimum absolute atomic E-state index is 0.260. The number of hydrogen-bond donors (Lipinski definition) is 0. The second-order valence-corrected chi connectivity index (χ2v) is 4.97. The van der Waals surface area contributed by atoms with Crippen molar-refractivity contribution in [3.05, 3.63) is 11.9 Å². The molecule has 1 amide bonds. The van der Waals surface area contributed by atoms with Crippen LogP contribution in [-0.4, -0.2) is 40.1 Å². The fourth-order valence-electron chi connectivity index (χ4n) is 2.93. The van der Waals surface area contributed by atoms with Gasteiger partial charge in [-0.2, -0.15) is 0 Å². The molecule has 1 unspecified atom stereocenters. The van der Waals surface area contributed by atoms with Gasteiger partial charge in [-0.25, -0.2) is 9.75 Å². The van der Waals surface area contributed by atoms with Crippen LogP contribution in [-0.2, 0) is 4.84 Å². The highest BCUT2D eigenvalue weighted by molar-refractivity contribution is 5.90. The van der Waals surface area contributed by atoms with Gasteiger partial charge < -0.3 is 0 Å². The summed E-state index contributed by atoms with van der Waals surface area (Å²) in [6.07, 6.45) is 5.54. The van der Waals surface area contributed by atoms with Gasteiger partial charge in [-0.1, -0.05) is 5.21 Å². The number of rotatable bonds is 3. The molecule has 1 heterocycles. The highest BCUT2D eigenvalue weighted by Gasteiger charge is 2.45. The van der Waals surface area contributed by atoms with E-state index in [0.29, 0.717) is 11.7 Å². The van der Waals surface area contributed by atoms with E-state index in [0.717, 1.165) is 16.9 Å². The summed E-state index contributed by atoms with van der Waals surface area (Å²) in [6.45, 7) is 0. The molecule has 17 heavy (non-hydrogen) atoms. The first-order chi connectivity index (χ1) is 8.19. The molecule has 1 aromatic rings. The van der Waals surface area contributed by atoms with Crippen molar-refractivity contribution in [1.29, 1.82) is 0 Å². The fraction of sp³-hybridized carbons (Fsp3) is 0.727. The van der Waals surface area contributed by atoms with Crippen molar-refractivity contribution < 1.29 is 9.63 Å². The predicted molar refractivity (Wildman–Crippen MR) is 59.0 cm³/mol. The third-order valence-electron chi connectivity index (χ3n) is 4.02. The molecule has 3 aliphatic rings. The zero-order chi connectivity index (χ0) is 12.0. The molecule has 3 saturated carbocycles. The second-order valence-electron chi connectivity index (χ2n) is 4.97. The maximum Gasteiger partial charge on any atom is 0.299 e. The first-order valence-electron chi connectivity index (χ1n) is 5.93. The SMILES string of the molecule is CON(C)C(=O)c1cn(C2CC3CC2C3)nn1. The molecule has 0 aliphatic heterocycles. The van der Waals surface area contributed by atoms with Crippen molar-refractivity contribution in [3.8, 4) is 0 Å². The summed E-state index contributed by atoms with van der Waals surface area (Å²) < 4.78 is 1.86. The van der Waals surface area contributed by atoms with Crippen molar-refractivity contribution in [2.24, 2.45) is 11.8 Å². The Morgan fingerprint density at radius 1 is 1.53 bits per heavy atom. The van der Waals surface area contributed by atoms with Gasteiger partial charge >= 0.3 is 0 Å². The zero-order valence-corrected chi connectivity index (χ0v) is 10.0. The van der Waals surface area contributed by atoms with E-state index >= 15 is 0 Å². The largest absolute Gasteiger partial charge is 0.299 e. The van der Waals surface area contributed by atoms with E-state index in [-0.39, 0.29) is 5.91 Å². The molecule has 6 heteroatoms. The first kappa shape index (κ1) is 10.7. The minimum Gasteiger partial charge on any atom is -0.274 e. The Morgan fingerprint density at radius 2 is 2.29 bits per heavy atom. The number of amides is 1. The van der Waals surface area contributed by atoms with E-state index < -0.39 is 0 Å². The standard InChI is InChI=1S/C11H16N4O2/c1-14(17-2)11(16)9-6-15(13-12-9)10-5-7-3-8(10)4-7/h6-8,10H,3-5H2,1-2H3. The maximum atomic E-state index is 11.8. The van der Waals surface area contributed by atoms with Gasteiger partial charge in [0.1, 0.15) is 0 Å². The molecule has 0 radical (unpaired) electrons. The molecule has 0 aromatic carbocycles. The zero-order valence-electron chi connectivity index (χ0n) is 10.0. The predicted octanol–water partition coefficient (Wildman–Crippen LogP) is 0.882. The highest BCUT2D eigenvalue weighted by Crippen LogP contribution is 2.54. The molecule has 3 fully saturated rings. The van der Waals surface area contributed by atoms with E-state index in [1.165, 1.54) is 26.4 Å². The number of aromatic nitrogens is 3.